The van der Waals surface area contributed by atoms with Gasteiger partial charge in [0.05, 0.1) is 0 Å². The predicted molar refractivity (Wildman–Crippen MR) is 84.8 cm³/mol. The molecule has 3 N–H and O–H groups in total. The fourth-order valence-corrected chi connectivity index (χ4v) is 1.44. The van der Waals surface area contributed by atoms with Gasteiger partial charge < -0.3 is 10.4 Å². The zero-order valence-electron chi connectivity index (χ0n) is 14.3. The number of rotatable bonds is 5. The largest absolute Gasteiger partial charge is 0.490 e. The maximum absolute atomic E-state index is 11.6. The van der Waals surface area contributed by atoms with E-state index in [0.717, 1.165) is 0 Å². The number of aromatic nitrogens is 2. The molecule has 2 amide bonds. The highest BCUT2D eigenvalue weighted by Crippen LogP contribution is 2.13. The lowest BCUT2D eigenvalue weighted by molar-refractivity contribution is -0.192. The van der Waals surface area contributed by atoms with Crippen LogP contribution in [0.1, 0.15) is 26.6 Å². The Kier molecular flexibility index (Phi) is 9.42. The summed E-state index contributed by atoms with van der Waals surface area (Å²) in [7, 11) is 0. The summed E-state index contributed by atoms with van der Waals surface area (Å²) < 4.78 is 31.7. The van der Waals surface area contributed by atoms with Crippen LogP contribution < -0.4 is 15.8 Å². The lowest BCUT2D eigenvalue weighted by Crippen LogP contribution is -2.49. The minimum atomic E-state index is -5.08. The quantitative estimate of drug-likeness (QED) is 0.666. The highest BCUT2D eigenvalue weighted by atomic mass is 19.4. The van der Waals surface area contributed by atoms with Crippen molar-refractivity contribution in [2.75, 3.05) is 18.1 Å². The minimum absolute atomic E-state index is 0.0731. The number of hydrogen-bond acceptors (Lipinski definition) is 6. The van der Waals surface area contributed by atoms with Crippen molar-refractivity contribution in [2.45, 2.75) is 26.9 Å². The number of carboxylic acid groups (broad SMARTS) is 1. The van der Waals surface area contributed by atoms with Crippen LogP contribution in [0.2, 0.25) is 0 Å². The number of carbonyl (C=O) groups excluding carboxylic acids is 1. The third-order valence-electron chi connectivity index (χ3n) is 2.38. The van der Waals surface area contributed by atoms with Crippen molar-refractivity contribution in [3.63, 3.8) is 0 Å². The van der Waals surface area contributed by atoms with Crippen molar-refractivity contribution in [3.8, 4) is 6.07 Å². The van der Waals surface area contributed by atoms with Crippen LogP contribution in [0.25, 0.3) is 0 Å². The first-order valence-electron chi connectivity index (χ1n) is 7.36. The van der Waals surface area contributed by atoms with Crippen LogP contribution in [0.5, 0.6) is 0 Å². The molecule has 0 spiro atoms. The predicted octanol–water partition coefficient (Wildman–Crippen LogP) is 1.68. The monoisotopic (exact) mass is 376 g/mol. The molecule has 144 valence electrons. The van der Waals surface area contributed by atoms with Crippen molar-refractivity contribution in [1.29, 1.82) is 5.26 Å². The molecule has 0 aliphatic rings. The number of hydrazine groups is 1. The lowest BCUT2D eigenvalue weighted by atomic mass is 10.2. The standard InChI is InChI=1S/C12H18N6O.C2HF3O2/c1-4-14-12(19)17-18(8-9(2)3)11-5-6-15-10(7-13)16-11;3-2(4,5)1(6)7/h5-6,9H,4,8H2,1-3H3,(H2,14,17,19);(H,6,7). The third-order valence-corrected chi connectivity index (χ3v) is 2.38. The molecule has 12 heteroatoms. The van der Waals surface area contributed by atoms with Crippen molar-refractivity contribution >= 4 is 17.8 Å². The molecular weight excluding hydrogens is 357 g/mol. The number of hydrogen-bond donors (Lipinski definition) is 3. The van der Waals surface area contributed by atoms with Crippen molar-refractivity contribution in [3.05, 3.63) is 18.1 Å². The Balaban J connectivity index is 0.000000758. The van der Waals surface area contributed by atoms with Gasteiger partial charge >= 0.3 is 18.2 Å². The highest BCUT2D eigenvalue weighted by molar-refractivity contribution is 5.75. The summed E-state index contributed by atoms with van der Waals surface area (Å²) in [6, 6.07) is 3.22. The van der Waals surface area contributed by atoms with Gasteiger partial charge in [0.25, 0.3) is 0 Å². The van der Waals surface area contributed by atoms with E-state index < -0.39 is 12.1 Å². The highest BCUT2D eigenvalue weighted by Gasteiger charge is 2.38. The number of nitriles is 1. The molecule has 0 aromatic carbocycles. The summed E-state index contributed by atoms with van der Waals surface area (Å²) in [5.74, 6) is -1.87. The van der Waals surface area contributed by atoms with E-state index in [1.54, 1.807) is 11.1 Å². The Morgan fingerprint density at radius 3 is 2.42 bits per heavy atom. The van der Waals surface area contributed by atoms with Crippen molar-refractivity contribution in [2.24, 2.45) is 5.92 Å². The molecule has 1 heterocycles. The van der Waals surface area contributed by atoms with E-state index in [1.807, 2.05) is 26.8 Å². The molecule has 0 aliphatic heterocycles. The Morgan fingerprint density at radius 2 is 2.00 bits per heavy atom. The van der Waals surface area contributed by atoms with E-state index in [1.165, 1.54) is 6.20 Å². The molecule has 0 bridgehead atoms. The molecular formula is C14H19F3N6O3. The van der Waals surface area contributed by atoms with Gasteiger partial charge in [-0.1, -0.05) is 13.8 Å². The van der Waals surface area contributed by atoms with E-state index in [9.17, 15) is 18.0 Å². The van der Waals surface area contributed by atoms with Gasteiger partial charge in [0, 0.05) is 25.4 Å². The van der Waals surface area contributed by atoms with Crippen molar-refractivity contribution < 1.29 is 27.9 Å². The SMILES string of the molecule is CCNC(=O)NN(CC(C)C)c1ccnc(C#N)n1.O=C(O)C(F)(F)F. The molecule has 0 atom stereocenters. The molecule has 26 heavy (non-hydrogen) atoms. The Bertz CT molecular complexity index is 646. The zero-order chi connectivity index (χ0) is 20.3. The topological polar surface area (TPSA) is 131 Å². The van der Waals surface area contributed by atoms with Gasteiger partial charge in [-0.25, -0.2) is 20.0 Å². The zero-order valence-corrected chi connectivity index (χ0v) is 14.3. The second-order valence-corrected chi connectivity index (χ2v) is 5.13. The lowest BCUT2D eigenvalue weighted by Gasteiger charge is -2.25. The van der Waals surface area contributed by atoms with Gasteiger partial charge in [-0.05, 0) is 12.8 Å². The number of carboxylic acids is 1. The molecule has 1 rings (SSSR count). The number of halogens is 3. The fraction of sp³-hybridized carbons (Fsp3) is 0.500. The number of alkyl halides is 3. The molecule has 1 aromatic heterocycles. The first-order valence-corrected chi connectivity index (χ1v) is 7.36. The first kappa shape index (κ1) is 22.9. The van der Waals surface area contributed by atoms with Crippen molar-refractivity contribution in [1.82, 2.24) is 20.7 Å². The normalized spacial score (nSPS) is 10.2. The Morgan fingerprint density at radius 1 is 1.42 bits per heavy atom. The number of nitrogens with zero attached hydrogens (tertiary/aromatic N) is 4. The Hall–Kier alpha value is -3.10. The van der Waals surface area contributed by atoms with Crippen LogP contribution in [0, 0.1) is 17.2 Å². The summed E-state index contributed by atoms with van der Waals surface area (Å²) in [6.45, 7) is 7.01. The van der Waals surface area contributed by atoms with E-state index in [0.29, 0.717) is 24.8 Å². The molecule has 0 unspecified atom stereocenters. The summed E-state index contributed by atoms with van der Waals surface area (Å²) in [6.07, 6.45) is -3.59. The van der Waals surface area contributed by atoms with Crippen LogP contribution in [0.3, 0.4) is 0 Å². The second kappa shape index (κ2) is 10.7. The first-order chi connectivity index (χ1) is 12.0. The van der Waals surface area contributed by atoms with Gasteiger partial charge in [0.2, 0.25) is 5.82 Å². The van der Waals surface area contributed by atoms with Gasteiger partial charge in [0.1, 0.15) is 6.07 Å². The van der Waals surface area contributed by atoms with E-state index >= 15 is 0 Å². The number of aliphatic carboxylic acids is 1. The summed E-state index contributed by atoms with van der Waals surface area (Å²) in [5, 5.41) is 20.2. The number of nitrogens with one attached hydrogen (secondary N) is 2. The van der Waals surface area contributed by atoms with E-state index in [-0.39, 0.29) is 11.9 Å². The summed E-state index contributed by atoms with van der Waals surface area (Å²) in [5.41, 5.74) is 2.70. The number of carbonyl (C=O) groups is 2. The van der Waals surface area contributed by atoms with Crippen LogP contribution >= 0.6 is 0 Å². The second-order valence-electron chi connectivity index (χ2n) is 5.13. The van der Waals surface area contributed by atoms with Crippen LogP contribution in [-0.2, 0) is 4.79 Å². The summed E-state index contributed by atoms with van der Waals surface area (Å²) in [4.78, 5) is 28.4. The average molecular weight is 376 g/mol. The summed E-state index contributed by atoms with van der Waals surface area (Å²) >= 11 is 0. The number of amides is 2. The fourth-order valence-electron chi connectivity index (χ4n) is 1.44. The maximum atomic E-state index is 11.6. The molecule has 9 nitrogen and oxygen atoms in total. The molecule has 0 saturated heterocycles. The van der Waals surface area contributed by atoms with E-state index in [4.69, 9.17) is 15.2 Å². The molecule has 0 saturated carbocycles. The molecule has 1 aromatic rings. The van der Waals surface area contributed by atoms with Crippen LogP contribution in [-0.4, -0.2) is 46.3 Å². The van der Waals surface area contributed by atoms with Crippen LogP contribution in [0.4, 0.5) is 23.8 Å². The third kappa shape index (κ3) is 9.26. The molecule has 0 aliphatic carbocycles. The maximum Gasteiger partial charge on any atom is 0.490 e. The average Bonchev–Trinajstić information content (AvgIpc) is 2.53. The van der Waals surface area contributed by atoms with Crippen LogP contribution in [0.15, 0.2) is 12.3 Å². The Labute approximate surface area is 147 Å². The van der Waals surface area contributed by atoms with Gasteiger partial charge in [-0.3, -0.25) is 5.01 Å². The minimum Gasteiger partial charge on any atom is -0.475 e. The number of anilines is 1. The number of urea groups is 1. The smallest absolute Gasteiger partial charge is 0.475 e. The molecule has 0 fully saturated rings. The molecule has 0 radical (unpaired) electrons. The van der Waals surface area contributed by atoms with Gasteiger partial charge in [-0.2, -0.15) is 23.4 Å². The van der Waals surface area contributed by atoms with Gasteiger partial charge in [0.15, 0.2) is 5.82 Å². The van der Waals surface area contributed by atoms with Gasteiger partial charge in [-0.15, -0.1) is 0 Å². The van der Waals surface area contributed by atoms with E-state index in [2.05, 4.69) is 20.7 Å².